The van der Waals surface area contributed by atoms with E-state index in [1.54, 1.807) is 6.92 Å². The fraction of sp³-hybridized carbons (Fsp3) is 1.00. The van der Waals surface area contributed by atoms with Gasteiger partial charge in [-0.15, -0.1) is 0 Å². The smallest absolute Gasteiger partial charge is 0.160 e. The predicted octanol–water partition coefficient (Wildman–Crippen LogP) is -1.95. The molecular formula is C7H14O5. The molecule has 12 heavy (non-hydrogen) atoms. The second-order valence-corrected chi connectivity index (χ2v) is 3.09. The molecule has 0 bridgehead atoms. The molecule has 72 valence electrons. The van der Waals surface area contributed by atoms with Gasteiger partial charge in [0.2, 0.25) is 0 Å². The molecule has 0 amide bonds. The van der Waals surface area contributed by atoms with Crippen LogP contribution in [-0.2, 0) is 4.74 Å². The van der Waals surface area contributed by atoms with E-state index in [-0.39, 0.29) is 0 Å². The quantitative estimate of drug-likeness (QED) is 0.375. The van der Waals surface area contributed by atoms with Gasteiger partial charge in [-0.3, -0.25) is 0 Å². The third-order valence-electron chi connectivity index (χ3n) is 2.21. The molecule has 5 heteroatoms. The molecule has 4 N–H and O–H groups in total. The monoisotopic (exact) mass is 178 g/mol. The third-order valence-corrected chi connectivity index (χ3v) is 2.21. The molecule has 0 aromatic rings. The highest BCUT2D eigenvalue weighted by Gasteiger charge is 2.40. The zero-order valence-electron chi connectivity index (χ0n) is 6.79. The van der Waals surface area contributed by atoms with Crippen LogP contribution < -0.4 is 0 Å². The van der Waals surface area contributed by atoms with Crippen LogP contribution in [0.15, 0.2) is 0 Å². The van der Waals surface area contributed by atoms with E-state index in [1.807, 2.05) is 0 Å². The van der Waals surface area contributed by atoms with E-state index in [9.17, 15) is 10.2 Å². The lowest BCUT2D eigenvalue weighted by Crippen LogP contribution is -2.54. The van der Waals surface area contributed by atoms with E-state index in [0.717, 1.165) is 0 Å². The van der Waals surface area contributed by atoms with Crippen molar-refractivity contribution in [2.45, 2.75) is 31.5 Å². The summed E-state index contributed by atoms with van der Waals surface area (Å²) >= 11 is 0. The van der Waals surface area contributed by atoms with E-state index >= 15 is 0 Å². The Bertz CT molecular complexity index is 146. The molecule has 1 saturated heterocycles. The zero-order chi connectivity index (χ0) is 9.30. The van der Waals surface area contributed by atoms with Gasteiger partial charge in [0.25, 0.3) is 0 Å². The molecule has 1 unspecified atom stereocenters. The van der Waals surface area contributed by atoms with Crippen LogP contribution in [-0.4, -0.2) is 51.6 Å². The lowest BCUT2D eigenvalue weighted by Gasteiger charge is -2.38. The van der Waals surface area contributed by atoms with Gasteiger partial charge in [-0.1, -0.05) is 6.92 Å². The fourth-order valence-corrected chi connectivity index (χ4v) is 1.23. The zero-order valence-corrected chi connectivity index (χ0v) is 6.79. The highest BCUT2D eigenvalue weighted by atomic mass is 16.6. The van der Waals surface area contributed by atoms with Crippen molar-refractivity contribution < 1.29 is 25.2 Å². The average molecular weight is 178 g/mol. The Balaban J connectivity index is 2.63. The van der Waals surface area contributed by atoms with Crippen LogP contribution in [0.2, 0.25) is 0 Å². The largest absolute Gasteiger partial charge is 0.394 e. The Hall–Kier alpha value is -0.200. The molecule has 0 spiro atoms. The Kier molecular flexibility index (Phi) is 3.03. The summed E-state index contributed by atoms with van der Waals surface area (Å²) in [5.74, 6) is -0.539. The minimum atomic E-state index is -1.13. The van der Waals surface area contributed by atoms with E-state index in [0.29, 0.717) is 0 Å². The molecule has 5 atom stereocenters. The van der Waals surface area contributed by atoms with Gasteiger partial charge in [-0.2, -0.15) is 0 Å². The van der Waals surface area contributed by atoms with Gasteiger partial charge < -0.3 is 25.2 Å². The Morgan fingerprint density at radius 2 is 1.75 bits per heavy atom. The molecule has 1 aliphatic heterocycles. The Morgan fingerprint density at radius 3 is 2.25 bits per heavy atom. The summed E-state index contributed by atoms with van der Waals surface area (Å²) in [5, 5.41) is 36.4. The molecular weight excluding hydrogens is 164 g/mol. The second-order valence-electron chi connectivity index (χ2n) is 3.09. The van der Waals surface area contributed by atoms with E-state index in [2.05, 4.69) is 0 Å². The number of aliphatic hydroxyl groups excluding tert-OH is 4. The second kappa shape index (κ2) is 3.68. The molecule has 0 aliphatic carbocycles. The van der Waals surface area contributed by atoms with Crippen LogP contribution in [0, 0.1) is 5.92 Å². The maximum Gasteiger partial charge on any atom is 0.160 e. The highest BCUT2D eigenvalue weighted by molar-refractivity contribution is 4.86. The van der Waals surface area contributed by atoms with Gasteiger partial charge in [0.15, 0.2) is 6.29 Å². The van der Waals surface area contributed by atoms with Gasteiger partial charge in [0.1, 0.15) is 12.2 Å². The van der Waals surface area contributed by atoms with Crippen LogP contribution in [0.4, 0.5) is 0 Å². The summed E-state index contributed by atoms with van der Waals surface area (Å²) in [6, 6.07) is 0. The topological polar surface area (TPSA) is 90.2 Å². The van der Waals surface area contributed by atoms with Crippen molar-refractivity contribution in [2.75, 3.05) is 6.61 Å². The molecule has 0 aromatic carbocycles. The standard InChI is InChI=1S/C7H14O5/c1-3-5(9)6(10)4(2-8)12-7(3)11/h3-11H,2H2,1H3/t3?,4-,5-,6-,7+/m0/s1. The molecule has 0 saturated carbocycles. The van der Waals surface area contributed by atoms with Crippen molar-refractivity contribution >= 4 is 0 Å². The van der Waals surface area contributed by atoms with Crippen molar-refractivity contribution in [2.24, 2.45) is 5.92 Å². The maximum atomic E-state index is 9.32. The van der Waals surface area contributed by atoms with Crippen molar-refractivity contribution in [3.05, 3.63) is 0 Å². The number of aliphatic hydroxyl groups is 4. The lowest BCUT2D eigenvalue weighted by atomic mass is 9.93. The highest BCUT2D eigenvalue weighted by Crippen LogP contribution is 2.23. The predicted molar refractivity (Wildman–Crippen MR) is 39.1 cm³/mol. The van der Waals surface area contributed by atoms with Crippen LogP contribution in [0.1, 0.15) is 6.92 Å². The van der Waals surface area contributed by atoms with Crippen LogP contribution >= 0.6 is 0 Å². The van der Waals surface area contributed by atoms with Crippen molar-refractivity contribution in [1.82, 2.24) is 0 Å². The summed E-state index contributed by atoms with van der Waals surface area (Å²) in [5.41, 5.74) is 0. The first-order valence-electron chi connectivity index (χ1n) is 3.88. The molecule has 0 aromatic heterocycles. The fourth-order valence-electron chi connectivity index (χ4n) is 1.23. The minimum absolute atomic E-state index is 0.415. The maximum absolute atomic E-state index is 9.32. The first kappa shape index (κ1) is 9.88. The lowest BCUT2D eigenvalue weighted by molar-refractivity contribution is -0.266. The van der Waals surface area contributed by atoms with Gasteiger partial charge in [0.05, 0.1) is 12.7 Å². The number of hydrogen-bond acceptors (Lipinski definition) is 5. The molecule has 1 rings (SSSR count). The van der Waals surface area contributed by atoms with Crippen molar-refractivity contribution in [3.8, 4) is 0 Å². The first-order chi connectivity index (χ1) is 5.57. The molecule has 1 heterocycles. The molecule has 0 radical (unpaired) electrons. The molecule has 1 fully saturated rings. The van der Waals surface area contributed by atoms with Crippen molar-refractivity contribution in [1.29, 1.82) is 0 Å². The summed E-state index contributed by atoms with van der Waals surface area (Å²) < 4.78 is 4.83. The first-order valence-corrected chi connectivity index (χ1v) is 3.88. The van der Waals surface area contributed by atoms with Gasteiger partial charge >= 0.3 is 0 Å². The summed E-state index contributed by atoms with van der Waals surface area (Å²) in [6.45, 7) is 1.15. The number of rotatable bonds is 1. The SMILES string of the molecule is CC1[C@H](O)O[C@@H](CO)[C@H](O)[C@H]1O. The molecule has 5 nitrogen and oxygen atoms in total. The number of hydrogen-bond donors (Lipinski definition) is 4. The van der Waals surface area contributed by atoms with Crippen molar-refractivity contribution in [3.63, 3.8) is 0 Å². The third kappa shape index (κ3) is 1.60. The normalized spacial score (nSPS) is 49.2. The van der Waals surface area contributed by atoms with E-state index < -0.39 is 37.1 Å². The van der Waals surface area contributed by atoms with E-state index in [1.165, 1.54) is 0 Å². The molecule has 1 aliphatic rings. The Morgan fingerprint density at radius 1 is 1.17 bits per heavy atom. The van der Waals surface area contributed by atoms with Gasteiger partial charge in [0, 0.05) is 5.92 Å². The summed E-state index contributed by atoms with van der Waals surface area (Å²) in [7, 11) is 0. The van der Waals surface area contributed by atoms with Crippen LogP contribution in [0.25, 0.3) is 0 Å². The Labute approximate surface area is 70.2 Å². The van der Waals surface area contributed by atoms with E-state index in [4.69, 9.17) is 14.9 Å². The van der Waals surface area contributed by atoms with Gasteiger partial charge in [-0.25, -0.2) is 0 Å². The van der Waals surface area contributed by atoms with Crippen LogP contribution in [0.5, 0.6) is 0 Å². The van der Waals surface area contributed by atoms with Gasteiger partial charge in [-0.05, 0) is 0 Å². The summed E-state index contributed by atoms with van der Waals surface area (Å²) in [4.78, 5) is 0. The number of ether oxygens (including phenoxy) is 1. The summed E-state index contributed by atoms with van der Waals surface area (Å²) in [6.07, 6.45) is -4.20. The van der Waals surface area contributed by atoms with Crippen LogP contribution in [0.3, 0.4) is 0 Å². The average Bonchev–Trinajstić information content (AvgIpc) is 2.08. The minimum Gasteiger partial charge on any atom is -0.394 e.